The number of nitrogens with zero attached hydrogens (tertiary/aromatic N) is 2. The van der Waals surface area contributed by atoms with Gasteiger partial charge in [-0.25, -0.2) is 9.97 Å². The van der Waals surface area contributed by atoms with Crippen molar-refractivity contribution in [1.82, 2.24) is 9.97 Å². The monoisotopic (exact) mass is 294 g/mol. The van der Waals surface area contributed by atoms with Crippen molar-refractivity contribution in [2.75, 3.05) is 0 Å². The fourth-order valence-corrected chi connectivity index (χ4v) is 3.96. The Balaban J connectivity index is 1.76. The second kappa shape index (κ2) is 5.51. The van der Waals surface area contributed by atoms with E-state index in [9.17, 15) is 0 Å². The molecule has 0 atom stereocenters. The molecule has 0 bridgehead atoms. The fourth-order valence-electron chi connectivity index (χ4n) is 1.79. The van der Waals surface area contributed by atoms with E-state index in [0.29, 0.717) is 5.15 Å². The molecule has 1 aromatic heterocycles. The topological polar surface area (TPSA) is 25.8 Å². The van der Waals surface area contributed by atoms with Crippen LogP contribution in [0.4, 0.5) is 0 Å². The molecule has 0 amide bonds. The van der Waals surface area contributed by atoms with E-state index in [1.54, 1.807) is 11.8 Å². The summed E-state index contributed by atoms with van der Waals surface area (Å²) in [6, 6.07) is 10.3. The van der Waals surface area contributed by atoms with Gasteiger partial charge in [0.2, 0.25) is 0 Å². The Morgan fingerprint density at radius 2 is 2.00 bits per heavy atom. The van der Waals surface area contributed by atoms with Gasteiger partial charge in [-0.15, -0.1) is 11.8 Å². The third kappa shape index (κ3) is 2.66. The second-order valence-electron chi connectivity index (χ2n) is 3.95. The highest BCUT2D eigenvalue weighted by molar-refractivity contribution is 7.98. The van der Waals surface area contributed by atoms with Crippen LogP contribution < -0.4 is 0 Å². The molecule has 0 saturated heterocycles. The average molecular weight is 295 g/mol. The van der Waals surface area contributed by atoms with Crippen molar-refractivity contribution in [2.24, 2.45) is 0 Å². The molecule has 18 heavy (non-hydrogen) atoms. The lowest BCUT2D eigenvalue weighted by Gasteiger charge is -2.05. The Bertz CT molecular complexity index is 560. The Labute approximate surface area is 120 Å². The van der Waals surface area contributed by atoms with Crippen LogP contribution in [0.15, 0.2) is 35.2 Å². The number of fused-ring (bicyclic) bond motifs is 1. The first kappa shape index (κ1) is 12.3. The summed E-state index contributed by atoms with van der Waals surface area (Å²) in [7, 11) is 0. The van der Waals surface area contributed by atoms with E-state index in [-0.39, 0.29) is 0 Å². The van der Waals surface area contributed by atoms with E-state index >= 15 is 0 Å². The van der Waals surface area contributed by atoms with Crippen molar-refractivity contribution >= 4 is 35.1 Å². The first-order valence-electron chi connectivity index (χ1n) is 5.62. The van der Waals surface area contributed by atoms with E-state index in [0.717, 1.165) is 34.3 Å². The Hall–Kier alpha value is -0.710. The summed E-state index contributed by atoms with van der Waals surface area (Å²) in [6.45, 7) is 0. The molecule has 0 fully saturated rings. The summed E-state index contributed by atoms with van der Waals surface area (Å²) in [5.74, 6) is 3.50. The van der Waals surface area contributed by atoms with Crippen molar-refractivity contribution in [2.45, 2.75) is 22.2 Å². The molecule has 0 aliphatic carbocycles. The van der Waals surface area contributed by atoms with E-state index < -0.39 is 0 Å². The van der Waals surface area contributed by atoms with E-state index in [1.165, 1.54) is 4.90 Å². The summed E-state index contributed by atoms with van der Waals surface area (Å²) >= 11 is 9.77. The van der Waals surface area contributed by atoms with Crippen LogP contribution in [-0.2, 0) is 17.3 Å². The molecule has 0 spiro atoms. The summed E-state index contributed by atoms with van der Waals surface area (Å²) < 4.78 is 0. The first-order valence-corrected chi connectivity index (χ1v) is 8.14. The summed E-state index contributed by atoms with van der Waals surface area (Å²) in [5, 5.41) is 0.633. The molecule has 2 nitrogen and oxygen atoms in total. The van der Waals surface area contributed by atoms with Gasteiger partial charge >= 0.3 is 0 Å². The molecule has 5 heteroatoms. The van der Waals surface area contributed by atoms with Gasteiger partial charge in [-0.3, -0.25) is 0 Å². The van der Waals surface area contributed by atoms with Gasteiger partial charge in [-0.1, -0.05) is 29.8 Å². The number of aromatic nitrogens is 2. The van der Waals surface area contributed by atoms with Gasteiger partial charge in [0.25, 0.3) is 0 Å². The normalized spacial score (nSPS) is 13.6. The van der Waals surface area contributed by atoms with Crippen molar-refractivity contribution < 1.29 is 0 Å². The molecule has 92 valence electrons. The van der Waals surface area contributed by atoms with Crippen LogP contribution in [0.5, 0.6) is 0 Å². The molecule has 1 aliphatic rings. The number of hydrogen-bond donors (Lipinski definition) is 0. The molecule has 2 aromatic rings. The number of hydrogen-bond acceptors (Lipinski definition) is 4. The van der Waals surface area contributed by atoms with Crippen molar-refractivity contribution in [3.63, 3.8) is 0 Å². The van der Waals surface area contributed by atoms with Crippen LogP contribution in [0.3, 0.4) is 0 Å². The minimum absolute atomic E-state index is 0.633. The summed E-state index contributed by atoms with van der Waals surface area (Å²) in [5.41, 5.74) is 2.23. The number of benzene rings is 1. The zero-order valence-electron chi connectivity index (χ0n) is 9.60. The quantitative estimate of drug-likeness (QED) is 0.627. The van der Waals surface area contributed by atoms with Crippen LogP contribution in [0.25, 0.3) is 0 Å². The third-order valence-electron chi connectivity index (χ3n) is 2.68. The van der Waals surface area contributed by atoms with Gasteiger partial charge in [0.1, 0.15) is 11.0 Å². The molecule has 1 aromatic carbocycles. The van der Waals surface area contributed by atoms with E-state index in [2.05, 4.69) is 22.1 Å². The molecular formula is C13H11ClN2S2. The molecule has 2 heterocycles. The standard InChI is InChI=1S/C13H11ClN2S2/c14-13-10-6-17-7-11(10)15-12(16-13)8-18-9-4-2-1-3-5-9/h1-5H,6-8H2. The summed E-state index contributed by atoms with van der Waals surface area (Å²) in [6.07, 6.45) is 0. The lowest BCUT2D eigenvalue weighted by Crippen LogP contribution is -1.99. The maximum atomic E-state index is 6.18. The van der Waals surface area contributed by atoms with Gasteiger partial charge in [-0.05, 0) is 12.1 Å². The molecule has 0 radical (unpaired) electrons. The second-order valence-corrected chi connectivity index (χ2v) is 6.34. The van der Waals surface area contributed by atoms with E-state index in [4.69, 9.17) is 11.6 Å². The largest absolute Gasteiger partial charge is 0.236 e. The number of rotatable bonds is 3. The average Bonchev–Trinajstić information content (AvgIpc) is 2.86. The van der Waals surface area contributed by atoms with Crippen molar-refractivity contribution in [1.29, 1.82) is 0 Å². The lowest BCUT2D eigenvalue weighted by atomic mass is 10.3. The molecule has 0 saturated carbocycles. The predicted molar refractivity (Wildman–Crippen MR) is 78.0 cm³/mol. The van der Waals surface area contributed by atoms with Gasteiger partial charge < -0.3 is 0 Å². The van der Waals surface area contributed by atoms with Crippen molar-refractivity contribution in [3.05, 3.63) is 52.6 Å². The molecule has 0 unspecified atom stereocenters. The Morgan fingerprint density at radius 3 is 2.83 bits per heavy atom. The zero-order chi connectivity index (χ0) is 12.4. The number of thioether (sulfide) groups is 2. The van der Waals surface area contributed by atoms with Crippen LogP contribution in [0, 0.1) is 0 Å². The van der Waals surface area contributed by atoms with Crippen LogP contribution in [0.2, 0.25) is 5.15 Å². The minimum atomic E-state index is 0.633. The fraction of sp³-hybridized carbons (Fsp3) is 0.231. The highest BCUT2D eigenvalue weighted by Crippen LogP contribution is 2.33. The van der Waals surface area contributed by atoms with Gasteiger partial charge in [-0.2, -0.15) is 11.8 Å². The van der Waals surface area contributed by atoms with E-state index in [1.807, 2.05) is 30.0 Å². The van der Waals surface area contributed by atoms with Gasteiger partial charge in [0.15, 0.2) is 0 Å². The highest BCUT2D eigenvalue weighted by atomic mass is 35.5. The smallest absolute Gasteiger partial charge is 0.140 e. The minimum Gasteiger partial charge on any atom is -0.236 e. The number of halogens is 1. The van der Waals surface area contributed by atoms with Gasteiger partial charge in [0.05, 0.1) is 11.4 Å². The van der Waals surface area contributed by atoms with Crippen LogP contribution in [0.1, 0.15) is 17.1 Å². The Morgan fingerprint density at radius 1 is 1.17 bits per heavy atom. The Kier molecular flexibility index (Phi) is 3.77. The third-order valence-corrected chi connectivity index (χ3v) is 4.98. The van der Waals surface area contributed by atoms with Crippen molar-refractivity contribution in [3.8, 4) is 0 Å². The van der Waals surface area contributed by atoms with Gasteiger partial charge in [0, 0.05) is 22.0 Å². The first-order chi connectivity index (χ1) is 8.83. The zero-order valence-corrected chi connectivity index (χ0v) is 12.0. The highest BCUT2D eigenvalue weighted by Gasteiger charge is 2.18. The maximum absolute atomic E-state index is 6.18. The van der Waals surface area contributed by atoms with Crippen LogP contribution >= 0.6 is 35.1 Å². The lowest BCUT2D eigenvalue weighted by molar-refractivity contribution is 0.974. The summed E-state index contributed by atoms with van der Waals surface area (Å²) in [4.78, 5) is 10.2. The molecule has 0 N–H and O–H groups in total. The van der Waals surface area contributed by atoms with Crippen LogP contribution in [-0.4, -0.2) is 9.97 Å². The predicted octanol–water partition coefficient (Wildman–Crippen LogP) is 4.17. The SMILES string of the molecule is Clc1nc(CSc2ccccc2)nc2c1CSC2. The molecule has 3 rings (SSSR count). The molecular weight excluding hydrogens is 284 g/mol. The molecule has 1 aliphatic heterocycles. The maximum Gasteiger partial charge on any atom is 0.140 e.